The average molecular weight is 296 g/mol. The van der Waals surface area contributed by atoms with Crippen LogP contribution in [0.2, 0.25) is 0 Å². The summed E-state index contributed by atoms with van der Waals surface area (Å²) in [5, 5.41) is 12.9. The number of aromatic nitrogens is 2. The van der Waals surface area contributed by atoms with Gasteiger partial charge in [-0.3, -0.25) is 0 Å². The van der Waals surface area contributed by atoms with Gasteiger partial charge in [0.25, 0.3) is 0 Å². The fraction of sp³-hybridized carbons (Fsp3) is 0.417. The first-order valence-corrected chi connectivity index (χ1v) is 6.61. The Balaban J connectivity index is 1.99. The first-order chi connectivity index (χ1) is 8.24. The van der Waals surface area contributed by atoms with Crippen molar-refractivity contribution < 1.29 is 5.11 Å². The molecule has 3 rings (SSSR count). The number of benzene rings is 1. The molecule has 2 N–H and O–H groups in total. The molecule has 0 aliphatic carbocycles. The van der Waals surface area contributed by atoms with Crippen LogP contribution in [0.4, 0.5) is 0 Å². The van der Waals surface area contributed by atoms with Crippen LogP contribution in [0.15, 0.2) is 22.9 Å². The number of phenolic OH excluding ortho intramolecular Hbond substituents is 1. The van der Waals surface area contributed by atoms with Crippen LogP contribution in [-0.2, 0) is 6.54 Å². The summed E-state index contributed by atoms with van der Waals surface area (Å²) in [5.41, 5.74) is 1.89. The first-order valence-electron chi connectivity index (χ1n) is 5.82. The van der Waals surface area contributed by atoms with Gasteiger partial charge < -0.3 is 15.0 Å². The van der Waals surface area contributed by atoms with E-state index in [1.165, 1.54) is 12.8 Å². The molecule has 1 unspecified atom stereocenters. The van der Waals surface area contributed by atoms with E-state index in [4.69, 9.17) is 0 Å². The van der Waals surface area contributed by atoms with E-state index in [0.717, 1.165) is 28.9 Å². The van der Waals surface area contributed by atoms with Gasteiger partial charge in [0.1, 0.15) is 5.75 Å². The van der Waals surface area contributed by atoms with E-state index < -0.39 is 0 Å². The van der Waals surface area contributed by atoms with E-state index in [9.17, 15) is 5.11 Å². The molecule has 0 radical (unpaired) electrons. The van der Waals surface area contributed by atoms with Gasteiger partial charge in [0, 0.05) is 18.7 Å². The Morgan fingerprint density at radius 2 is 2.41 bits per heavy atom. The van der Waals surface area contributed by atoms with Crippen LogP contribution in [0.25, 0.3) is 11.0 Å². The zero-order valence-corrected chi connectivity index (χ0v) is 10.9. The second-order valence-electron chi connectivity index (χ2n) is 4.46. The maximum atomic E-state index is 9.44. The lowest BCUT2D eigenvalue weighted by atomic mass is 10.2. The highest BCUT2D eigenvalue weighted by molar-refractivity contribution is 9.10. The lowest BCUT2D eigenvalue weighted by molar-refractivity contribution is 0.476. The molecule has 0 saturated carbocycles. The molecule has 1 aromatic carbocycles. The minimum atomic E-state index is 0.258. The zero-order valence-electron chi connectivity index (χ0n) is 9.36. The molecular formula is C12H14BrN3O. The topological polar surface area (TPSA) is 50.1 Å². The Hall–Kier alpha value is -1.07. The number of nitrogens with zero attached hydrogens (tertiary/aromatic N) is 2. The largest absolute Gasteiger partial charge is 0.508 e. The standard InChI is InChI=1S/C12H14BrN3O/c13-12-15-10-6-9(17)3-4-11(10)16(12)7-8-2-1-5-14-8/h3-4,6,8,14,17H,1-2,5,7H2. The lowest BCUT2D eigenvalue weighted by Gasteiger charge is -2.12. The zero-order chi connectivity index (χ0) is 11.8. The van der Waals surface area contributed by atoms with Gasteiger partial charge in [0.15, 0.2) is 4.73 Å². The van der Waals surface area contributed by atoms with Crippen molar-refractivity contribution >= 4 is 27.0 Å². The van der Waals surface area contributed by atoms with E-state index in [-0.39, 0.29) is 5.75 Å². The molecule has 0 amide bonds. The summed E-state index contributed by atoms with van der Waals surface area (Å²) < 4.78 is 2.98. The van der Waals surface area contributed by atoms with Crippen LogP contribution in [-0.4, -0.2) is 27.2 Å². The summed E-state index contributed by atoms with van der Waals surface area (Å²) >= 11 is 3.48. The van der Waals surface area contributed by atoms with Crippen LogP contribution in [0.1, 0.15) is 12.8 Å². The van der Waals surface area contributed by atoms with Gasteiger partial charge in [0.2, 0.25) is 0 Å². The number of aromatic hydroxyl groups is 1. The third-order valence-electron chi connectivity index (χ3n) is 3.25. The van der Waals surface area contributed by atoms with Gasteiger partial charge in [-0.2, -0.15) is 0 Å². The number of hydrogen-bond acceptors (Lipinski definition) is 3. The van der Waals surface area contributed by atoms with Crippen molar-refractivity contribution in [2.24, 2.45) is 0 Å². The molecule has 1 atom stereocenters. The number of imidazole rings is 1. The Morgan fingerprint density at radius 3 is 3.18 bits per heavy atom. The van der Waals surface area contributed by atoms with Crippen molar-refractivity contribution in [1.82, 2.24) is 14.9 Å². The van der Waals surface area contributed by atoms with Crippen molar-refractivity contribution in [1.29, 1.82) is 0 Å². The van der Waals surface area contributed by atoms with Gasteiger partial charge in [-0.1, -0.05) is 0 Å². The highest BCUT2D eigenvalue weighted by Crippen LogP contribution is 2.24. The summed E-state index contributed by atoms with van der Waals surface area (Å²) in [4.78, 5) is 4.41. The Kier molecular flexibility index (Phi) is 2.80. The Labute approximate surface area is 108 Å². The Morgan fingerprint density at radius 1 is 1.53 bits per heavy atom. The fourth-order valence-corrected chi connectivity index (χ4v) is 2.92. The molecule has 2 heterocycles. The summed E-state index contributed by atoms with van der Waals surface area (Å²) in [6.45, 7) is 2.03. The summed E-state index contributed by atoms with van der Waals surface area (Å²) in [7, 11) is 0. The molecule has 90 valence electrons. The third kappa shape index (κ3) is 2.05. The molecule has 1 aliphatic heterocycles. The molecule has 1 fully saturated rings. The quantitative estimate of drug-likeness (QED) is 0.893. The monoisotopic (exact) mass is 295 g/mol. The normalized spacial score (nSPS) is 20.2. The van der Waals surface area contributed by atoms with E-state index in [1.54, 1.807) is 12.1 Å². The molecule has 2 aromatic rings. The minimum Gasteiger partial charge on any atom is -0.508 e. The van der Waals surface area contributed by atoms with E-state index in [2.05, 4.69) is 30.8 Å². The molecule has 1 saturated heterocycles. The minimum absolute atomic E-state index is 0.258. The average Bonchev–Trinajstić information content (AvgIpc) is 2.88. The van der Waals surface area contributed by atoms with Crippen LogP contribution in [0.5, 0.6) is 5.75 Å². The number of hydrogen-bond donors (Lipinski definition) is 2. The van der Waals surface area contributed by atoms with Crippen molar-refractivity contribution in [2.75, 3.05) is 6.54 Å². The molecule has 0 bridgehead atoms. The second-order valence-corrected chi connectivity index (χ2v) is 5.17. The summed E-state index contributed by atoms with van der Waals surface area (Å²) in [5.74, 6) is 0.258. The van der Waals surface area contributed by atoms with Gasteiger partial charge in [-0.05, 0) is 47.4 Å². The number of rotatable bonds is 2. The predicted molar refractivity (Wildman–Crippen MR) is 70.1 cm³/mol. The van der Waals surface area contributed by atoms with E-state index >= 15 is 0 Å². The van der Waals surface area contributed by atoms with E-state index in [0.29, 0.717) is 6.04 Å². The van der Waals surface area contributed by atoms with Gasteiger partial charge in [-0.25, -0.2) is 4.98 Å². The lowest BCUT2D eigenvalue weighted by Crippen LogP contribution is -2.26. The number of phenols is 1. The summed E-state index contributed by atoms with van der Waals surface area (Å²) in [6, 6.07) is 5.84. The van der Waals surface area contributed by atoms with Crippen molar-refractivity contribution in [3.05, 3.63) is 22.9 Å². The Bertz CT molecular complexity index is 546. The number of halogens is 1. The molecule has 1 aromatic heterocycles. The second kappa shape index (κ2) is 4.31. The van der Waals surface area contributed by atoms with Crippen molar-refractivity contribution in [3.63, 3.8) is 0 Å². The van der Waals surface area contributed by atoms with Crippen LogP contribution >= 0.6 is 15.9 Å². The van der Waals surface area contributed by atoms with E-state index in [1.807, 2.05) is 6.07 Å². The highest BCUT2D eigenvalue weighted by Gasteiger charge is 2.17. The van der Waals surface area contributed by atoms with Crippen molar-refractivity contribution in [3.8, 4) is 5.75 Å². The highest BCUT2D eigenvalue weighted by atomic mass is 79.9. The molecule has 5 heteroatoms. The van der Waals surface area contributed by atoms with Crippen LogP contribution in [0.3, 0.4) is 0 Å². The van der Waals surface area contributed by atoms with Crippen LogP contribution in [0, 0.1) is 0 Å². The molecule has 4 nitrogen and oxygen atoms in total. The molecular weight excluding hydrogens is 282 g/mol. The van der Waals surface area contributed by atoms with Crippen LogP contribution < -0.4 is 5.32 Å². The maximum Gasteiger partial charge on any atom is 0.178 e. The van der Waals surface area contributed by atoms with Gasteiger partial charge >= 0.3 is 0 Å². The third-order valence-corrected chi connectivity index (χ3v) is 3.86. The SMILES string of the molecule is Oc1ccc2c(c1)nc(Br)n2CC1CCCN1. The number of fused-ring (bicyclic) bond motifs is 1. The van der Waals surface area contributed by atoms with Gasteiger partial charge in [0.05, 0.1) is 11.0 Å². The predicted octanol–water partition coefficient (Wildman–Crippen LogP) is 2.26. The fourth-order valence-electron chi connectivity index (χ4n) is 2.40. The molecule has 1 aliphatic rings. The number of nitrogens with one attached hydrogen (secondary N) is 1. The first kappa shape index (κ1) is 11.0. The summed E-state index contributed by atoms with van der Waals surface area (Å²) in [6.07, 6.45) is 2.46. The molecule has 17 heavy (non-hydrogen) atoms. The van der Waals surface area contributed by atoms with Gasteiger partial charge in [-0.15, -0.1) is 0 Å². The maximum absolute atomic E-state index is 9.44. The molecule has 0 spiro atoms. The smallest absolute Gasteiger partial charge is 0.178 e. The van der Waals surface area contributed by atoms with Crippen molar-refractivity contribution in [2.45, 2.75) is 25.4 Å².